The molecule has 3 aromatic rings. The minimum absolute atomic E-state index is 0.0940. The van der Waals surface area contributed by atoms with Crippen LogP contribution in [-0.4, -0.2) is 10.5 Å². The summed E-state index contributed by atoms with van der Waals surface area (Å²) in [6.45, 7) is 4.54. The molecule has 4 nitrogen and oxygen atoms in total. The Bertz CT molecular complexity index is 961. The maximum atomic E-state index is 12.7. The highest BCUT2D eigenvalue weighted by Crippen LogP contribution is 2.13. The fourth-order valence-corrected chi connectivity index (χ4v) is 3.09. The van der Waals surface area contributed by atoms with Crippen LogP contribution in [0.25, 0.3) is 0 Å². The van der Waals surface area contributed by atoms with E-state index in [-0.39, 0.29) is 11.5 Å². The molecule has 0 bridgehead atoms. The normalized spacial score (nSPS) is 10.5. The lowest BCUT2D eigenvalue weighted by molar-refractivity contribution is 0.0948. The molecular formula is C22H22N2O2. The van der Waals surface area contributed by atoms with Crippen LogP contribution in [0.3, 0.4) is 0 Å². The molecule has 0 radical (unpaired) electrons. The second-order valence-corrected chi connectivity index (χ2v) is 6.37. The molecule has 26 heavy (non-hydrogen) atoms. The summed E-state index contributed by atoms with van der Waals surface area (Å²) in [6, 6.07) is 21.1. The van der Waals surface area contributed by atoms with Crippen LogP contribution < -0.4 is 10.9 Å². The molecule has 0 spiro atoms. The van der Waals surface area contributed by atoms with Crippen molar-refractivity contribution in [1.29, 1.82) is 0 Å². The minimum Gasteiger partial charge on any atom is -0.348 e. The number of amides is 1. The first-order chi connectivity index (χ1) is 12.6. The van der Waals surface area contributed by atoms with Crippen molar-refractivity contribution in [3.05, 3.63) is 105 Å². The number of pyridine rings is 1. The van der Waals surface area contributed by atoms with Crippen molar-refractivity contribution in [2.45, 2.75) is 26.9 Å². The number of nitrogens with one attached hydrogen (secondary N) is 1. The lowest BCUT2D eigenvalue weighted by atomic mass is 10.1. The highest BCUT2D eigenvalue weighted by molar-refractivity contribution is 5.96. The van der Waals surface area contributed by atoms with E-state index in [0.717, 1.165) is 11.1 Å². The highest BCUT2D eigenvalue weighted by atomic mass is 16.2. The first-order valence-corrected chi connectivity index (χ1v) is 8.63. The molecule has 1 amide bonds. The van der Waals surface area contributed by atoms with E-state index >= 15 is 0 Å². The second-order valence-electron chi connectivity index (χ2n) is 6.37. The molecule has 3 rings (SSSR count). The van der Waals surface area contributed by atoms with E-state index in [1.165, 1.54) is 6.07 Å². The van der Waals surface area contributed by atoms with Gasteiger partial charge in [0.1, 0.15) is 0 Å². The van der Waals surface area contributed by atoms with E-state index in [2.05, 4.69) is 5.32 Å². The first kappa shape index (κ1) is 17.7. The highest BCUT2D eigenvalue weighted by Gasteiger charge is 2.16. The van der Waals surface area contributed by atoms with Crippen molar-refractivity contribution >= 4 is 5.91 Å². The van der Waals surface area contributed by atoms with E-state index < -0.39 is 0 Å². The fourth-order valence-electron chi connectivity index (χ4n) is 3.09. The fraction of sp³-hybridized carbons (Fsp3) is 0.182. The molecule has 132 valence electrons. The molecule has 0 aliphatic heterocycles. The van der Waals surface area contributed by atoms with Gasteiger partial charge in [0.05, 0.1) is 12.1 Å². The molecule has 1 aromatic heterocycles. The van der Waals surface area contributed by atoms with E-state index in [0.29, 0.717) is 29.9 Å². The largest absolute Gasteiger partial charge is 0.348 e. The van der Waals surface area contributed by atoms with E-state index in [1.54, 1.807) is 11.5 Å². The summed E-state index contributed by atoms with van der Waals surface area (Å²) in [4.78, 5) is 25.2. The van der Waals surface area contributed by atoms with E-state index in [1.807, 2.05) is 67.6 Å². The predicted octanol–water partition coefficient (Wildman–Crippen LogP) is 3.44. The maximum Gasteiger partial charge on any atom is 0.253 e. The number of aromatic nitrogens is 1. The Morgan fingerprint density at radius 3 is 2.12 bits per heavy atom. The number of hydrogen-bond acceptors (Lipinski definition) is 2. The number of hydrogen-bond donors (Lipinski definition) is 1. The zero-order valence-corrected chi connectivity index (χ0v) is 15.0. The minimum atomic E-state index is -0.161. The maximum absolute atomic E-state index is 12.7. The van der Waals surface area contributed by atoms with Crippen LogP contribution in [0, 0.1) is 13.8 Å². The van der Waals surface area contributed by atoms with Crippen molar-refractivity contribution in [2.24, 2.45) is 0 Å². The summed E-state index contributed by atoms with van der Waals surface area (Å²) in [6.07, 6.45) is 0. The third kappa shape index (κ3) is 3.91. The Balaban J connectivity index is 1.88. The second kappa shape index (κ2) is 7.83. The van der Waals surface area contributed by atoms with Gasteiger partial charge >= 0.3 is 0 Å². The standard InChI is InChI=1S/C22H22N2O2/c1-16-13-20(25)24(15-19-11-7-4-8-12-19)17(2)21(16)22(26)23-14-18-9-5-3-6-10-18/h3-13H,14-15H2,1-2H3,(H,23,26). The summed E-state index contributed by atoms with van der Waals surface area (Å²) in [5, 5.41) is 2.95. The Morgan fingerprint density at radius 1 is 0.923 bits per heavy atom. The summed E-state index contributed by atoms with van der Waals surface area (Å²) in [5.74, 6) is -0.161. The smallest absolute Gasteiger partial charge is 0.253 e. The summed E-state index contributed by atoms with van der Waals surface area (Å²) in [5.41, 5.74) is 3.91. The molecule has 0 atom stereocenters. The lowest BCUT2D eigenvalue weighted by Crippen LogP contribution is -2.30. The third-order valence-corrected chi connectivity index (χ3v) is 4.47. The Hall–Kier alpha value is -3.14. The molecule has 0 fully saturated rings. The van der Waals surface area contributed by atoms with Gasteiger partial charge in [0, 0.05) is 18.3 Å². The number of carbonyl (C=O) groups is 1. The van der Waals surface area contributed by atoms with Crippen molar-refractivity contribution in [3.63, 3.8) is 0 Å². The Kier molecular flexibility index (Phi) is 5.32. The van der Waals surface area contributed by atoms with Gasteiger partial charge in [-0.2, -0.15) is 0 Å². The number of rotatable bonds is 5. The van der Waals surface area contributed by atoms with Gasteiger partial charge in [-0.05, 0) is 30.5 Å². The van der Waals surface area contributed by atoms with Gasteiger partial charge in [-0.15, -0.1) is 0 Å². The molecule has 0 saturated heterocycles. The number of carbonyl (C=O) groups excluding carboxylic acids is 1. The summed E-state index contributed by atoms with van der Waals surface area (Å²) < 4.78 is 1.65. The van der Waals surface area contributed by atoms with Crippen LogP contribution in [0.5, 0.6) is 0 Å². The van der Waals surface area contributed by atoms with Crippen molar-refractivity contribution < 1.29 is 4.79 Å². The van der Waals surface area contributed by atoms with Gasteiger partial charge in [-0.1, -0.05) is 60.7 Å². The Labute approximate surface area is 153 Å². The topological polar surface area (TPSA) is 51.1 Å². The number of benzene rings is 2. The molecule has 1 heterocycles. The SMILES string of the molecule is Cc1cc(=O)n(Cc2ccccc2)c(C)c1C(=O)NCc1ccccc1. The molecule has 4 heteroatoms. The van der Waals surface area contributed by atoms with E-state index in [4.69, 9.17) is 0 Å². The first-order valence-electron chi connectivity index (χ1n) is 8.63. The number of nitrogens with zero attached hydrogens (tertiary/aromatic N) is 1. The number of aryl methyl sites for hydroxylation is 1. The van der Waals surface area contributed by atoms with Crippen LogP contribution in [0.2, 0.25) is 0 Å². The zero-order chi connectivity index (χ0) is 18.5. The molecule has 0 saturated carbocycles. The average Bonchev–Trinajstić information content (AvgIpc) is 2.65. The van der Waals surface area contributed by atoms with Crippen LogP contribution in [0.1, 0.15) is 32.7 Å². The van der Waals surface area contributed by atoms with Crippen LogP contribution in [0.4, 0.5) is 0 Å². The average molecular weight is 346 g/mol. The monoisotopic (exact) mass is 346 g/mol. The molecule has 0 aliphatic carbocycles. The van der Waals surface area contributed by atoms with Crippen molar-refractivity contribution in [3.8, 4) is 0 Å². The van der Waals surface area contributed by atoms with Crippen molar-refractivity contribution in [2.75, 3.05) is 0 Å². The Morgan fingerprint density at radius 2 is 1.50 bits per heavy atom. The quantitative estimate of drug-likeness (QED) is 0.769. The molecular weight excluding hydrogens is 324 g/mol. The van der Waals surface area contributed by atoms with Gasteiger partial charge < -0.3 is 9.88 Å². The van der Waals surface area contributed by atoms with E-state index in [9.17, 15) is 9.59 Å². The molecule has 1 N–H and O–H groups in total. The van der Waals surface area contributed by atoms with Crippen LogP contribution in [0.15, 0.2) is 71.5 Å². The van der Waals surface area contributed by atoms with Crippen LogP contribution >= 0.6 is 0 Å². The molecule has 0 unspecified atom stereocenters. The molecule has 2 aromatic carbocycles. The van der Waals surface area contributed by atoms with Gasteiger partial charge in [-0.3, -0.25) is 9.59 Å². The summed E-state index contributed by atoms with van der Waals surface area (Å²) in [7, 11) is 0. The van der Waals surface area contributed by atoms with Gasteiger partial charge in [0.15, 0.2) is 0 Å². The summed E-state index contributed by atoms with van der Waals surface area (Å²) >= 11 is 0. The van der Waals surface area contributed by atoms with Gasteiger partial charge in [0.25, 0.3) is 11.5 Å². The van der Waals surface area contributed by atoms with Gasteiger partial charge in [0.2, 0.25) is 0 Å². The predicted molar refractivity (Wildman–Crippen MR) is 103 cm³/mol. The molecule has 0 aliphatic rings. The van der Waals surface area contributed by atoms with Crippen molar-refractivity contribution in [1.82, 2.24) is 9.88 Å². The lowest BCUT2D eigenvalue weighted by Gasteiger charge is -2.16. The third-order valence-electron chi connectivity index (χ3n) is 4.47. The zero-order valence-electron chi connectivity index (χ0n) is 15.0. The van der Waals surface area contributed by atoms with Crippen LogP contribution in [-0.2, 0) is 13.1 Å². The van der Waals surface area contributed by atoms with Gasteiger partial charge in [-0.25, -0.2) is 0 Å².